The molecule has 0 aliphatic carbocycles. The number of anilines is 2. The minimum absolute atomic E-state index is 0.00981. The first-order valence-corrected chi connectivity index (χ1v) is 12.2. The Kier molecular flexibility index (Phi) is 5.87. The van der Waals surface area contributed by atoms with Gasteiger partial charge in [-0.05, 0) is 37.1 Å². The number of rotatable bonds is 5. The van der Waals surface area contributed by atoms with E-state index in [1.54, 1.807) is 46.9 Å². The number of nitrogens with one attached hydrogen (secondary N) is 1. The molecule has 2 amide bonds. The smallest absolute Gasteiger partial charge is 0.414 e. The summed E-state index contributed by atoms with van der Waals surface area (Å²) in [6, 6.07) is 8.77. The number of fused-ring (bicyclic) bond motifs is 2. The second-order valence-electron chi connectivity index (χ2n) is 9.33. The molecule has 5 heterocycles. The SMILES string of the molecule is COc1ccc2ncc(=O)n(C3CCN(C[C@@H]4CN(c5ccc6c(c5)NC(=O)CO6)C(=O)O4)CC3)c2n1. The van der Waals surface area contributed by atoms with Gasteiger partial charge in [-0.15, -0.1) is 0 Å². The average molecular weight is 507 g/mol. The Morgan fingerprint density at radius 1 is 1.14 bits per heavy atom. The number of carbonyl (C=O) groups excluding carboxylic acids is 2. The van der Waals surface area contributed by atoms with Crippen LogP contribution in [0.1, 0.15) is 18.9 Å². The number of carbonyl (C=O) groups is 2. The van der Waals surface area contributed by atoms with E-state index in [1.807, 2.05) is 0 Å². The molecule has 0 spiro atoms. The van der Waals surface area contributed by atoms with Crippen molar-refractivity contribution >= 4 is 34.5 Å². The summed E-state index contributed by atoms with van der Waals surface area (Å²) < 4.78 is 18.0. The summed E-state index contributed by atoms with van der Waals surface area (Å²) in [5.74, 6) is 0.782. The maximum Gasteiger partial charge on any atom is 0.414 e. The number of benzene rings is 1. The van der Waals surface area contributed by atoms with Crippen LogP contribution >= 0.6 is 0 Å². The molecule has 1 N–H and O–H groups in total. The molecule has 37 heavy (non-hydrogen) atoms. The first kappa shape index (κ1) is 23.2. The van der Waals surface area contributed by atoms with Crippen LogP contribution in [0.3, 0.4) is 0 Å². The highest BCUT2D eigenvalue weighted by Gasteiger charge is 2.35. The topological polar surface area (TPSA) is 128 Å². The number of aromatic nitrogens is 3. The second-order valence-corrected chi connectivity index (χ2v) is 9.33. The maximum atomic E-state index is 12.7. The van der Waals surface area contributed by atoms with Gasteiger partial charge >= 0.3 is 6.09 Å². The molecule has 1 atom stereocenters. The van der Waals surface area contributed by atoms with E-state index < -0.39 is 6.09 Å². The largest absolute Gasteiger partial charge is 0.482 e. The number of pyridine rings is 1. The summed E-state index contributed by atoms with van der Waals surface area (Å²) in [4.78, 5) is 49.5. The van der Waals surface area contributed by atoms with Gasteiger partial charge < -0.3 is 19.5 Å². The quantitative estimate of drug-likeness (QED) is 0.551. The van der Waals surface area contributed by atoms with E-state index >= 15 is 0 Å². The van der Waals surface area contributed by atoms with Gasteiger partial charge in [0.15, 0.2) is 12.3 Å². The number of cyclic esters (lactones) is 1. The second kappa shape index (κ2) is 9.36. The van der Waals surface area contributed by atoms with Crippen LogP contribution in [-0.4, -0.2) is 77.4 Å². The van der Waals surface area contributed by atoms with Crippen molar-refractivity contribution < 1.29 is 23.8 Å². The van der Waals surface area contributed by atoms with E-state index in [-0.39, 0.29) is 30.2 Å². The molecule has 0 bridgehead atoms. The number of likely N-dealkylation sites (tertiary alicyclic amines) is 1. The Labute approximate surface area is 211 Å². The van der Waals surface area contributed by atoms with E-state index in [9.17, 15) is 14.4 Å². The molecule has 3 aliphatic heterocycles. The van der Waals surface area contributed by atoms with Gasteiger partial charge in [0, 0.05) is 37.4 Å². The van der Waals surface area contributed by atoms with Gasteiger partial charge in [0.2, 0.25) is 5.88 Å². The highest BCUT2D eigenvalue weighted by molar-refractivity contribution is 5.97. The summed E-state index contributed by atoms with van der Waals surface area (Å²) in [5, 5.41) is 2.76. The molecular weight excluding hydrogens is 480 g/mol. The first-order chi connectivity index (χ1) is 18.0. The average Bonchev–Trinajstić information content (AvgIpc) is 3.28. The lowest BCUT2D eigenvalue weighted by molar-refractivity contribution is -0.118. The molecule has 0 radical (unpaired) electrons. The van der Waals surface area contributed by atoms with Crippen LogP contribution in [0, 0.1) is 0 Å². The van der Waals surface area contributed by atoms with Crippen molar-refractivity contribution in [2.45, 2.75) is 25.0 Å². The minimum atomic E-state index is -0.419. The van der Waals surface area contributed by atoms with Gasteiger partial charge in [-0.3, -0.25) is 24.0 Å². The summed E-state index contributed by atoms with van der Waals surface area (Å²) in [6.45, 7) is 2.48. The predicted molar refractivity (Wildman–Crippen MR) is 133 cm³/mol. The Morgan fingerprint density at radius 2 is 1.97 bits per heavy atom. The number of methoxy groups -OCH3 is 1. The molecule has 2 saturated heterocycles. The summed E-state index contributed by atoms with van der Waals surface area (Å²) in [5.41, 5.74) is 2.17. The lowest BCUT2D eigenvalue weighted by Crippen LogP contribution is -2.42. The molecule has 192 valence electrons. The number of hydrogen-bond acceptors (Lipinski definition) is 9. The lowest BCUT2D eigenvalue weighted by Gasteiger charge is -2.33. The molecule has 1 aromatic carbocycles. The number of amides is 2. The maximum absolute atomic E-state index is 12.7. The van der Waals surface area contributed by atoms with Crippen LogP contribution < -0.4 is 25.2 Å². The lowest BCUT2D eigenvalue weighted by atomic mass is 10.0. The number of ether oxygens (including phenoxy) is 3. The first-order valence-electron chi connectivity index (χ1n) is 12.2. The molecule has 0 unspecified atom stereocenters. The van der Waals surface area contributed by atoms with Crippen LogP contribution in [0.15, 0.2) is 41.3 Å². The highest BCUT2D eigenvalue weighted by atomic mass is 16.6. The zero-order chi connectivity index (χ0) is 25.5. The van der Waals surface area contributed by atoms with Gasteiger partial charge in [0.25, 0.3) is 11.5 Å². The number of hydrogen-bond donors (Lipinski definition) is 1. The van der Waals surface area contributed by atoms with E-state index in [0.717, 1.165) is 25.9 Å². The van der Waals surface area contributed by atoms with Crippen molar-refractivity contribution in [2.75, 3.05) is 50.1 Å². The third-order valence-electron chi connectivity index (χ3n) is 6.98. The Morgan fingerprint density at radius 3 is 2.78 bits per heavy atom. The van der Waals surface area contributed by atoms with E-state index in [2.05, 4.69) is 20.2 Å². The number of piperidine rings is 1. The Balaban J connectivity index is 1.10. The molecule has 3 aliphatic rings. The van der Waals surface area contributed by atoms with E-state index in [4.69, 9.17) is 14.2 Å². The normalized spacial score (nSPS) is 20.4. The van der Waals surface area contributed by atoms with Crippen molar-refractivity contribution in [1.82, 2.24) is 19.4 Å². The molecule has 3 aromatic rings. The van der Waals surface area contributed by atoms with Crippen molar-refractivity contribution in [3.8, 4) is 11.6 Å². The molecule has 0 saturated carbocycles. The van der Waals surface area contributed by atoms with E-state index in [0.29, 0.717) is 47.3 Å². The van der Waals surface area contributed by atoms with Crippen LogP contribution in [-0.2, 0) is 9.53 Å². The Bertz CT molecular complexity index is 1430. The highest BCUT2D eigenvalue weighted by Crippen LogP contribution is 2.34. The zero-order valence-corrected chi connectivity index (χ0v) is 20.3. The minimum Gasteiger partial charge on any atom is -0.482 e. The van der Waals surface area contributed by atoms with Gasteiger partial charge in [-0.1, -0.05) is 0 Å². The van der Waals surface area contributed by atoms with Gasteiger partial charge in [0.1, 0.15) is 17.4 Å². The van der Waals surface area contributed by atoms with Crippen LogP contribution in [0.5, 0.6) is 11.6 Å². The van der Waals surface area contributed by atoms with Crippen LogP contribution in [0.4, 0.5) is 16.2 Å². The molecule has 2 aromatic heterocycles. The third-order valence-corrected chi connectivity index (χ3v) is 6.98. The van der Waals surface area contributed by atoms with Crippen molar-refractivity contribution in [2.24, 2.45) is 0 Å². The molecular formula is C25H26N6O6. The monoisotopic (exact) mass is 506 g/mol. The predicted octanol–water partition coefficient (Wildman–Crippen LogP) is 1.79. The fraction of sp³-hybridized carbons (Fsp3) is 0.400. The zero-order valence-electron chi connectivity index (χ0n) is 20.3. The summed E-state index contributed by atoms with van der Waals surface area (Å²) in [6.07, 6.45) is 2.15. The van der Waals surface area contributed by atoms with Crippen LogP contribution in [0.25, 0.3) is 11.2 Å². The van der Waals surface area contributed by atoms with Crippen molar-refractivity contribution in [3.63, 3.8) is 0 Å². The van der Waals surface area contributed by atoms with Gasteiger partial charge in [0.05, 0.1) is 25.5 Å². The van der Waals surface area contributed by atoms with Crippen molar-refractivity contribution in [3.05, 3.63) is 46.9 Å². The molecule has 6 rings (SSSR count). The Hall–Kier alpha value is -4.19. The fourth-order valence-electron chi connectivity index (χ4n) is 5.17. The standard InChI is InChI=1S/C25H26N6O6/c1-35-22-5-3-18-24(28-22)31(23(33)11-26-18)15-6-8-29(9-7-15)12-17-13-30(25(34)37-17)16-2-4-20-19(10-16)27-21(32)14-36-20/h2-5,10-11,15,17H,6-9,12-14H2,1H3,(H,27,32)/t17-/m1/s1. The fourth-order valence-corrected chi connectivity index (χ4v) is 5.17. The third kappa shape index (κ3) is 4.44. The molecule has 12 heteroatoms. The summed E-state index contributed by atoms with van der Waals surface area (Å²) in [7, 11) is 1.54. The van der Waals surface area contributed by atoms with Gasteiger partial charge in [-0.2, -0.15) is 4.98 Å². The molecule has 2 fully saturated rings. The van der Waals surface area contributed by atoms with E-state index in [1.165, 1.54) is 6.20 Å². The molecule has 12 nitrogen and oxygen atoms in total. The van der Waals surface area contributed by atoms with Crippen molar-refractivity contribution in [1.29, 1.82) is 0 Å². The summed E-state index contributed by atoms with van der Waals surface area (Å²) >= 11 is 0. The van der Waals surface area contributed by atoms with Gasteiger partial charge in [-0.25, -0.2) is 9.78 Å². The van der Waals surface area contributed by atoms with Crippen LogP contribution in [0.2, 0.25) is 0 Å². The number of nitrogens with zero attached hydrogens (tertiary/aromatic N) is 5.